The SMILES string of the molecule is CC(C)c1c(C=O)nnn1-c1nccs1. The average Bonchev–Trinajstić information content (AvgIpc) is 2.85. The summed E-state index contributed by atoms with van der Waals surface area (Å²) in [6, 6.07) is 0. The molecule has 15 heavy (non-hydrogen) atoms. The van der Waals surface area contributed by atoms with Crippen LogP contribution in [0.15, 0.2) is 11.6 Å². The molecule has 0 atom stereocenters. The highest BCUT2D eigenvalue weighted by molar-refractivity contribution is 7.12. The fourth-order valence-electron chi connectivity index (χ4n) is 1.39. The van der Waals surface area contributed by atoms with E-state index < -0.39 is 0 Å². The van der Waals surface area contributed by atoms with Crippen LogP contribution in [-0.4, -0.2) is 26.3 Å². The lowest BCUT2D eigenvalue weighted by Crippen LogP contribution is -2.04. The van der Waals surface area contributed by atoms with Gasteiger partial charge in [0.05, 0.1) is 5.69 Å². The van der Waals surface area contributed by atoms with Gasteiger partial charge in [-0.3, -0.25) is 4.79 Å². The molecular formula is C9H10N4OS. The van der Waals surface area contributed by atoms with Gasteiger partial charge in [-0.1, -0.05) is 19.1 Å². The first-order valence-electron chi connectivity index (χ1n) is 4.54. The summed E-state index contributed by atoms with van der Waals surface area (Å²) in [4.78, 5) is 14.9. The Morgan fingerprint density at radius 1 is 1.53 bits per heavy atom. The highest BCUT2D eigenvalue weighted by Gasteiger charge is 2.17. The van der Waals surface area contributed by atoms with E-state index in [2.05, 4.69) is 15.3 Å². The van der Waals surface area contributed by atoms with Crippen molar-refractivity contribution in [2.24, 2.45) is 0 Å². The minimum atomic E-state index is 0.184. The molecule has 0 bridgehead atoms. The maximum Gasteiger partial charge on any atom is 0.211 e. The molecule has 0 radical (unpaired) electrons. The third-order valence-corrected chi connectivity index (χ3v) is 2.74. The number of thiazole rings is 1. The van der Waals surface area contributed by atoms with Crippen LogP contribution in [0.2, 0.25) is 0 Å². The molecule has 2 aromatic heterocycles. The number of aldehydes is 1. The Labute approximate surface area is 90.8 Å². The number of nitrogens with zero attached hydrogens (tertiary/aromatic N) is 4. The van der Waals surface area contributed by atoms with E-state index in [0.717, 1.165) is 17.1 Å². The number of aromatic nitrogens is 4. The van der Waals surface area contributed by atoms with Gasteiger partial charge in [0.25, 0.3) is 0 Å². The van der Waals surface area contributed by atoms with Crippen LogP contribution in [0.25, 0.3) is 5.13 Å². The Kier molecular flexibility index (Phi) is 2.59. The molecule has 2 heterocycles. The van der Waals surface area contributed by atoms with Gasteiger partial charge in [0, 0.05) is 11.6 Å². The third-order valence-electron chi connectivity index (χ3n) is 1.99. The van der Waals surface area contributed by atoms with Gasteiger partial charge in [-0.25, -0.2) is 4.98 Å². The lowest BCUT2D eigenvalue weighted by Gasteiger charge is -2.05. The van der Waals surface area contributed by atoms with E-state index in [1.807, 2.05) is 19.2 Å². The van der Waals surface area contributed by atoms with Gasteiger partial charge in [-0.2, -0.15) is 4.68 Å². The fourth-order valence-corrected chi connectivity index (χ4v) is 1.99. The highest BCUT2D eigenvalue weighted by atomic mass is 32.1. The Hall–Kier alpha value is -1.56. The second kappa shape index (κ2) is 3.90. The van der Waals surface area contributed by atoms with Crippen molar-refractivity contribution in [1.29, 1.82) is 0 Å². The van der Waals surface area contributed by atoms with E-state index in [4.69, 9.17) is 0 Å². The molecule has 0 N–H and O–H groups in total. The van der Waals surface area contributed by atoms with Crippen LogP contribution in [0.3, 0.4) is 0 Å². The standard InChI is InChI=1S/C9H10N4OS/c1-6(2)8-7(5-14)11-12-13(8)9-10-3-4-15-9/h3-6H,1-2H3. The zero-order valence-corrected chi connectivity index (χ0v) is 9.23. The number of hydrogen-bond acceptors (Lipinski definition) is 5. The molecule has 78 valence electrons. The van der Waals surface area contributed by atoms with Crippen molar-refractivity contribution in [2.75, 3.05) is 0 Å². The number of rotatable bonds is 3. The Bertz CT molecular complexity index is 460. The van der Waals surface area contributed by atoms with Crippen LogP contribution in [0.1, 0.15) is 35.9 Å². The summed E-state index contributed by atoms with van der Waals surface area (Å²) >= 11 is 1.46. The maximum atomic E-state index is 10.8. The maximum absolute atomic E-state index is 10.8. The largest absolute Gasteiger partial charge is 0.296 e. The van der Waals surface area contributed by atoms with Gasteiger partial charge >= 0.3 is 0 Å². The molecular weight excluding hydrogens is 212 g/mol. The van der Waals surface area contributed by atoms with Gasteiger partial charge in [0.1, 0.15) is 5.69 Å². The molecule has 2 aromatic rings. The van der Waals surface area contributed by atoms with Crippen molar-refractivity contribution in [1.82, 2.24) is 20.0 Å². The molecule has 0 aromatic carbocycles. The molecule has 0 amide bonds. The van der Waals surface area contributed by atoms with Gasteiger partial charge in [0.2, 0.25) is 5.13 Å². The summed E-state index contributed by atoms with van der Waals surface area (Å²) in [5.41, 5.74) is 1.19. The first-order valence-corrected chi connectivity index (χ1v) is 5.42. The predicted octanol–water partition coefficient (Wildman–Crippen LogP) is 1.66. The van der Waals surface area contributed by atoms with E-state index in [1.165, 1.54) is 11.3 Å². The van der Waals surface area contributed by atoms with Crippen LogP contribution >= 0.6 is 11.3 Å². The Balaban J connectivity index is 2.57. The molecule has 0 aliphatic rings. The molecule has 0 saturated heterocycles. The number of hydrogen-bond donors (Lipinski definition) is 0. The van der Waals surface area contributed by atoms with Gasteiger partial charge in [-0.05, 0) is 5.92 Å². The summed E-state index contributed by atoms with van der Waals surface area (Å²) in [7, 11) is 0. The summed E-state index contributed by atoms with van der Waals surface area (Å²) in [5, 5.41) is 10.4. The van der Waals surface area contributed by atoms with Crippen LogP contribution in [0.4, 0.5) is 0 Å². The first-order chi connectivity index (χ1) is 7.24. The monoisotopic (exact) mass is 222 g/mol. The molecule has 2 rings (SSSR count). The minimum Gasteiger partial charge on any atom is -0.296 e. The average molecular weight is 222 g/mol. The normalized spacial score (nSPS) is 10.9. The fraction of sp³-hybridized carbons (Fsp3) is 0.333. The molecule has 0 unspecified atom stereocenters. The lowest BCUT2D eigenvalue weighted by atomic mass is 10.1. The number of carbonyl (C=O) groups excluding carboxylic acids is 1. The van der Waals surface area contributed by atoms with Crippen molar-refractivity contribution in [3.05, 3.63) is 23.0 Å². The van der Waals surface area contributed by atoms with Crippen molar-refractivity contribution in [3.8, 4) is 5.13 Å². The Morgan fingerprint density at radius 3 is 2.87 bits per heavy atom. The zero-order chi connectivity index (χ0) is 10.8. The summed E-state index contributed by atoms with van der Waals surface area (Å²) < 4.78 is 1.62. The van der Waals surface area contributed by atoms with Crippen molar-refractivity contribution in [3.63, 3.8) is 0 Å². The quantitative estimate of drug-likeness (QED) is 0.741. The summed E-state index contributed by atoms with van der Waals surface area (Å²) in [5.74, 6) is 0.184. The van der Waals surface area contributed by atoms with Crippen LogP contribution < -0.4 is 0 Å². The van der Waals surface area contributed by atoms with Gasteiger partial charge in [0.15, 0.2) is 6.29 Å². The lowest BCUT2D eigenvalue weighted by molar-refractivity contribution is 0.111. The predicted molar refractivity (Wildman–Crippen MR) is 56.5 cm³/mol. The topological polar surface area (TPSA) is 60.7 Å². The van der Waals surface area contributed by atoms with Gasteiger partial charge < -0.3 is 0 Å². The second-order valence-corrected chi connectivity index (χ2v) is 4.23. The van der Waals surface area contributed by atoms with Crippen LogP contribution in [0, 0.1) is 0 Å². The van der Waals surface area contributed by atoms with E-state index in [-0.39, 0.29) is 5.92 Å². The van der Waals surface area contributed by atoms with E-state index in [9.17, 15) is 4.79 Å². The van der Waals surface area contributed by atoms with E-state index in [1.54, 1.807) is 10.9 Å². The van der Waals surface area contributed by atoms with Crippen molar-refractivity contribution in [2.45, 2.75) is 19.8 Å². The Morgan fingerprint density at radius 2 is 2.33 bits per heavy atom. The molecule has 0 fully saturated rings. The molecule has 6 heteroatoms. The zero-order valence-electron chi connectivity index (χ0n) is 8.41. The van der Waals surface area contributed by atoms with E-state index >= 15 is 0 Å². The van der Waals surface area contributed by atoms with Crippen LogP contribution in [0.5, 0.6) is 0 Å². The van der Waals surface area contributed by atoms with E-state index in [0.29, 0.717) is 5.69 Å². The minimum absolute atomic E-state index is 0.184. The first kappa shape index (κ1) is 9.97. The summed E-state index contributed by atoms with van der Waals surface area (Å²) in [6.45, 7) is 3.99. The third kappa shape index (κ3) is 1.68. The smallest absolute Gasteiger partial charge is 0.211 e. The molecule has 0 spiro atoms. The number of carbonyl (C=O) groups is 1. The molecule has 5 nitrogen and oxygen atoms in total. The molecule has 0 saturated carbocycles. The van der Waals surface area contributed by atoms with Crippen LogP contribution in [-0.2, 0) is 0 Å². The second-order valence-electron chi connectivity index (χ2n) is 3.36. The highest BCUT2D eigenvalue weighted by Crippen LogP contribution is 2.21. The summed E-state index contributed by atoms with van der Waals surface area (Å²) in [6.07, 6.45) is 2.43. The van der Waals surface area contributed by atoms with Crippen molar-refractivity contribution < 1.29 is 4.79 Å². The molecule has 0 aliphatic heterocycles. The van der Waals surface area contributed by atoms with Gasteiger partial charge in [-0.15, -0.1) is 16.4 Å². The molecule has 0 aliphatic carbocycles. The van der Waals surface area contributed by atoms with Crippen molar-refractivity contribution >= 4 is 17.6 Å².